The summed E-state index contributed by atoms with van der Waals surface area (Å²) in [6.07, 6.45) is 7.46. The smallest absolute Gasteiger partial charge is 0.0814 e. The van der Waals surface area contributed by atoms with Crippen LogP contribution in [-0.4, -0.2) is 30.7 Å². The number of hydrogen-bond acceptors (Lipinski definition) is 0. The summed E-state index contributed by atoms with van der Waals surface area (Å²) in [5, 5.41) is 0. The van der Waals surface area contributed by atoms with Crippen LogP contribution >= 0.6 is 0 Å². The molecule has 2 fully saturated rings. The first kappa shape index (κ1) is 8.55. The maximum Gasteiger partial charge on any atom is 0.0814 e. The van der Waals surface area contributed by atoms with Crippen LogP contribution in [0, 0.1) is 5.92 Å². The van der Waals surface area contributed by atoms with Gasteiger partial charge in [0.1, 0.15) is 0 Å². The second kappa shape index (κ2) is 3.37. The van der Waals surface area contributed by atoms with Crippen molar-refractivity contribution in [2.24, 2.45) is 5.92 Å². The van der Waals surface area contributed by atoms with E-state index in [1.807, 2.05) is 0 Å². The summed E-state index contributed by atoms with van der Waals surface area (Å²) in [6.45, 7) is 8.38. The Bertz CT molecular complexity index is 145. The molecule has 1 spiro atoms. The van der Waals surface area contributed by atoms with Crippen LogP contribution in [0.15, 0.2) is 0 Å². The summed E-state index contributed by atoms with van der Waals surface area (Å²) in [7, 11) is 0. The van der Waals surface area contributed by atoms with E-state index in [9.17, 15) is 0 Å². The van der Waals surface area contributed by atoms with Gasteiger partial charge in [-0.1, -0.05) is 6.92 Å². The first-order valence-electron chi connectivity index (χ1n) is 5.66. The van der Waals surface area contributed by atoms with E-state index in [0.29, 0.717) is 0 Å². The Balaban J connectivity index is 1.98. The molecular formula is C11H22N+. The fourth-order valence-electron chi connectivity index (χ4n) is 3.10. The second-order valence-electron chi connectivity index (χ2n) is 5.00. The van der Waals surface area contributed by atoms with E-state index in [0.717, 1.165) is 5.92 Å². The zero-order valence-corrected chi connectivity index (χ0v) is 8.39. The Hall–Kier alpha value is -0.0400. The van der Waals surface area contributed by atoms with Gasteiger partial charge < -0.3 is 4.48 Å². The highest BCUT2D eigenvalue weighted by atomic mass is 15.4. The van der Waals surface area contributed by atoms with Crippen molar-refractivity contribution < 1.29 is 4.48 Å². The van der Waals surface area contributed by atoms with Crippen molar-refractivity contribution in [2.75, 3.05) is 26.2 Å². The van der Waals surface area contributed by atoms with Gasteiger partial charge >= 0.3 is 0 Å². The SMILES string of the molecule is CC1CC[N+]2(CCCCCC2)C1. The summed E-state index contributed by atoms with van der Waals surface area (Å²) in [5.74, 6) is 1.00. The largest absolute Gasteiger partial charge is 0.323 e. The van der Waals surface area contributed by atoms with E-state index in [4.69, 9.17) is 0 Å². The number of quaternary nitrogens is 1. The third-order valence-corrected chi connectivity index (χ3v) is 3.81. The van der Waals surface area contributed by atoms with Crippen molar-refractivity contribution in [3.05, 3.63) is 0 Å². The second-order valence-corrected chi connectivity index (χ2v) is 5.00. The van der Waals surface area contributed by atoms with Gasteiger partial charge in [0, 0.05) is 12.3 Å². The topological polar surface area (TPSA) is 0 Å². The monoisotopic (exact) mass is 168 g/mol. The van der Waals surface area contributed by atoms with Crippen LogP contribution in [0.4, 0.5) is 0 Å². The molecule has 0 aromatic rings. The highest BCUT2D eigenvalue weighted by molar-refractivity contribution is 4.64. The van der Waals surface area contributed by atoms with Gasteiger partial charge in [0.05, 0.1) is 26.2 Å². The van der Waals surface area contributed by atoms with E-state index in [-0.39, 0.29) is 0 Å². The van der Waals surface area contributed by atoms with Crippen molar-refractivity contribution in [1.29, 1.82) is 0 Å². The Morgan fingerprint density at radius 1 is 0.917 bits per heavy atom. The molecule has 0 aliphatic carbocycles. The molecule has 0 N–H and O–H groups in total. The van der Waals surface area contributed by atoms with Crippen LogP contribution in [0.2, 0.25) is 0 Å². The zero-order chi connectivity index (χ0) is 8.44. The average molecular weight is 168 g/mol. The van der Waals surface area contributed by atoms with Crippen LogP contribution < -0.4 is 0 Å². The van der Waals surface area contributed by atoms with Crippen molar-refractivity contribution in [1.82, 2.24) is 0 Å². The number of rotatable bonds is 0. The molecule has 0 aromatic heterocycles. The van der Waals surface area contributed by atoms with Crippen LogP contribution in [0.1, 0.15) is 39.0 Å². The van der Waals surface area contributed by atoms with E-state index >= 15 is 0 Å². The third-order valence-electron chi connectivity index (χ3n) is 3.81. The van der Waals surface area contributed by atoms with Gasteiger partial charge in [-0.3, -0.25) is 0 Å². The van der Waals surface area contributed by atoms with E-state index < -0.39 is 0 Å². The van der Waals surface area contributed by atoms with Gasteiger partial charge in [-0.2, -0.15) is 0 Å². The van der Waals surface area contributed by atoms with Crippen molar-refractivity contribution in [3.63, 3.8) is 0 Å². The van der Waals surface area contributed by atoms with E-state index in [1.54, 1.807) is 0 Å². The molecule has 0 amide bonds. The Morgan fingerprint density at radius 3 is 2.08 bits per heavy atom. The molecule has 1 heteroatoms. The molecule has 2 heterocycles. The van der Waals surface area contributed by atoms with E-state index in [2.05, 4.69) is 6.92 Å². The highest BCUT2D eigenvalue weighted by Gasteiger charge is 2.35. The van der Waals surface area contributed by atoms with Gasteiger partial charge in [-0.05, 0) is 25.7 Å². The predicted molar refractivity (Wildman–Crippen MR) is 52.0 cm³/mol. The lowest BCUT2D eigenvalue weighted by Gasteiger charge is -2.33. The molecule has 0 aromatic carbocycles. The Labute approximate surface area is 76.3 Å². The molecule has 1 atom stereocenters. The summed E-state index contributed by atoms with van der Waals surface area (Å²) in [5.41, 5.74) is 0. The van der Waals surface area contributed by atoms with Crippen LogP contribution in [0.25, 0.3) is 0 Å². The fraction of sp³-hybridized carbons (Fsp3) is 1.00. The van der Waals surface area contributed by atoms with Gasteiger partial charge in [-0.25, -0.2) is 0 Å². The molecule has 2 saturated heterocycles. The summed E-state index contributed by atoms with van der Waals surface area (Å²) < 4.78 is 1.49. The normalized spacial score (nSPS) is 35.2. The zero-order valence-electron chi connectivity index (χ0n) is 8.39. The number of nitrogens with zero attached hydrogens (tertiary/aromatic N) is 1. The average Bonchev–Trinajstić information content (AvgIpc) is 2.30. The molecule has 0 saturated carbocycles. The summed E-state index contributed by atoms with van der Waals surface area (Å²) in [4.78, 5) is 0. The molecule has 1 nitrogen and oxygen atoms in total. The molecule has 2 rings (SSSR count). The van der Waals surface area contributed by atoms with Gasteiger partial charge in [-0.15, -0.1) is 0 Å². The predicted octanol–water partition coefficient (Wildman–Crippen LogP) is 2.42. The molecule has 12 heavy (non-hydrogen) atoms. The Morgan fingerprint density at radius 2 is 1.58 bits per heavy atom. The molecule has 0 radical (unpaired) electrons. The lowest BCUT2D eigenvalue weighted by atomic mass is 10.2. The number of hydrogen-bond donors (Lipinski definition) is 0. The molecule has 2 aliphatic rings. The van der Waals surface area contributed by atoms with E-state index in [1.165, 1.54) is 62.8 Å². The van der Waals surface area contributed by atoms with Gasteiger partial charge in [0.25, 0.3) is 0 Å². The fourth-order valence-corrected chi connectivity index (χ4v) is 3.10. The molecule has 2 aliphatic heterocycles. The lowest BCUT2D eigenvalue weighted by molar-refractivity contribution is -0.917. The minimum atomic E-state index is 1.00. The minimum Gasteiger partial charge on any atom is -0.323 e. The first-order chi connectivity index (χ1) is 5.81. The quantitative estimate of drug-likeness (QED) is 0.487. The summed E-state index contributed by atoms with van der Waals surface area (Å²) in [6, 6.07) is 0. The van der Waals surface area contributed by atoms with Crippen LogP contribution in [0.3, 0.4) is 0 Å². The standard InChI is InChI=1S/C11H22N/c1-11-6-9-12(10-11)7-4-2-3-5-8-12/h11H,2-10H2,1H3/q+1. The molecule has 0 bridgehead atoms. The Kier molecular flexibility index (Phi) is 2.40. The van der Waals surface area contributed by atoms with Crippen LogP contribution in [-0.2, 0) is 0 Å². The first-order valence-corrected chi connectivity index (χ1v) is 5.66. The molecular weight excluding hydrogens is 146 g/mol. The van der Waals surface area contributed by atoms with Crippen molar-refractivity contribution in [2.45, 2.75) is 39.0 Å². The van der Waals surface area contributed by atoms with Gasteiger partial charge in [0.15, 0.2) is 0 Å². The maximum atomic E-state index is 2.43. The summed E-state index contributed by atoms with van der Waals surface area (Å²) >= 11 is 0. The highest BCUT2D eigenvalue weighted by Crippen LogP contribution is 2.28. The molecule has 1 unspecified atom stereocenters. The van der Waals surface area contributed by atoms with Gasteiger partial charge in [0.2, 0.25) is 0 Å². The van der Waals surface area contributed by atoms with Crippen molar-refractivity contribution >= 4 is 0 Å². The molecule has 70 valence electrons. The lowest BCUT2D eigenvalue weighted by Crippen LogP contribution is -2.46. The van der Waals surface area contributed by atoms with Crippen molar-refractivity contribution in [3.8, 4) is 0 Å². The minimum absolute atomic E-state index is 1.00. The van der Waals surface area contributed by atoms with Crippen LogP contribution in [0.5, 0.6) is 0 Å². The third kappa shape index (κ3) is 1.66. The maximum absolute atomic E-state index is 2.43.